The lowest BCUT2D eigenvalue weighted by atomic mass is 9.90. The normalized spacial score (nSPS) is 24.8. The molecule has 1 saturated heterocycles. The molecule has 2 heterocycles. The zero-order chi connectivity index (χ0) is 13.8. The van der Waals surface area contributed by atoms with Crippen LogP contribution in [0.5, 0.6) is 5.75 Å². The molecule has 2 atom stereocenters. The van der Waals surface area contributed by atoms with E-state index in [9.17, 15) is 0 Å². The second-order valence-electron chi connectivity index (χ2n) is 6.02. The summed E-state index contributed by atoms with van der Waals surface area (Å²) in [4.78, 5) is 0. The van der Waals surface area contributed by atoms with Crippen molar-refractivity contribution in [2.75, 3.05) is 26.4 Å². The number of ether oxygens (including phenoxy) is 2. The molecule has 0 saturated carbocycles. The number of hydrogen-bond acceptors (Lipinski definition) is 3. The number of para-hydroxylation sites is 1. The van der Waals surface area contributed by atoms with Gasteiger partial charge in [0.2, 0.25) is 0 Å². The van der Waals surface area contributed by atoms with E-state index in [0.717, 1.165) is 44.5 Å². The van der Waals surface area contributed by atoms with Gasteiger partial charge in [0.15, 0.2) is 0 Å². The minimum absolute atomic E-state index is 0.578. The molecule has 0 amide bonds. The largest absolute Gasteiger partial charge is 0.493 e. The van der Waals surface area contributed by atoms with Crippen LogP contribution in [0.4, 0.5) is 0 Å². The average Bonchev–Trinajstić information content (AvgIpc) is 2.53. The van der Waals surface area contributed by atoms with Gasteiger partial charge in [0.1, 0.15) is 5.75 Å². The molecule has 3 nitrogen and oxygen atoms in total. The van der Waals surface area contributed by atoms with E-state index in [2.05, 4.69) is 36.5 Å². The van der Waals surface area contributed by atoms with Gasteiger partial charge >= 0.3 is 0 Å². The van der Waals surface area contributed by atoms with Crippen LogP contribution in [-0.4, -0.2) is 32.4 Å². The standard InChI is InChI=1S/C17H25NO2/c1-13(14-6-9-19-10-7-14)18-12-15-8-11-20-17-5-3-2-4-16(15)17/h2-5,13-15,18H,6-12H2,1H3. The number of fused-ring (bicyclic) bond motifs is 1. The minimum Gasteiger partial charge on any atom is -0.493 e. The molecule has 1 aromatic rings. The highest BCUT2D eigenvalue weighted by atomic mass is 16.5. The van der Waals surface area contributed by atoms with Crippen molar-refractivity contribution in [1.29, 1.82) is 0 Å². The Bertz CT molecular complexity index is 429. The molecule has 0 spiro atoms. The van der Waals surface area contributed by atoms with Crippen molar-refractivity contribution in [3.8, 4) is 5.75 Å². The van der Waals surface area contributed by atoms with Crippen molar-refractivity contribution >= 4 is 0 Å². The van der Waals surface area contributed by atoms with Gasteiger partial charge in [-0.1, -0.05) is 18.2 Å². The molecule has 2 aliphatic rings. The third-order valence-corrected chi connectivity index (χ3v) is 4.74. The molecule has 0 bridgehead atoms. The van der Waals surface area contributed by atoms with Gasteiger partial charge in [-0.2, -0.15) is 0 Å². The Morgan fingerprint density at radius 2 is 1.95 bits per heavy atom. The summed E-state index contributed by atoms with van der Waals surface area (Å²) < 4.78 is 11.2. The first-order valence-electron chi connectivity index (χ1n) is 7.87. The molecule has 0 radical (unpaired) electrons. The van der Waals surface area contributed by atoms with E-state index in [1.54, 1.807) is 0 Å². The number of hydrogen-bond donors (Lipinski definition) is 1. The van der Waals surface area contributed by atoms with Crippen LogP contribution in [-0.2, 0) is 4.74 Å². The maximum absolute atomic E-state index is 5.73. The molecule has 2 aliphatic heterocycles. The molecule has 2 unspecified atom stereocenters. The van der Waals surface area contributed by atoms with E-state index in [4.69, 9.17) is 9.47 Å². The van der Waals surface area contributed by atoms with Gasteiger partial charge in [0, 0.05) is 31.7 Å². The Morgan fingerprint density at radius 3 is 2.80 bits per heavy atom. The first kappa shape index (κ1) is 13.9. The summed E-state index contributed by atoms with van der Waals surface area (Å²) in [6.07, 6.45) is 3.50. The lowest BCUT2D eigenvalue weighted by Gasteiger charge is -2.31. The summed E-state index contributed by atoms with van der Waals surface area (Å²) in [5.41, 5.74) is 1.37. The monoisotopic (exact) mass is 275 g/mol. The van der Waals surface area contributed by atoms with Gasteiger partial charge in [-0.15, -0.1) is 0 Å². The maximum Gasteiger partial charge on any atom is 0.122 e. The van der Waals surface area contributed by atoms with Crippen LogP contribution in [0.15, 0.2) is 24.3 Å². The van der Waals surface area contributed by atoms with Gasteiger partial charge in [-0.05, 0) is 43.7 Å². The lowest BCUT2D eigenvalue weighted by molar-refractivity contribution is 0.0556. The van der Waals surface area contributed by atoms with Crippen molar-refractivity contribution in [3.05, 3.63) is 29.8 Å². The van der Waals surface area contributed by atoms with Crippen molar-refractivity contribution in [3.63, 3.8) is 0 Å². The molecular formula is C17H25NO2. The first-order valence-corrected chi connectivity index (χ1v) is 7.87. The smallest absolute Gasteiger partial charge is 0.122 e. The van der Waals surface area contributed by atoms with Crippen LogP contribution >= 0.6 is 0 Å². The highest BCUT2D eigenvalue weighted by Crippen LogP contribution is 2.33. The second kappa shape index (κ2) is 6.59. The van der Waals surface area contributed by atoms with Crippen molar-refractivity contribution in [1.82, 2.24) is 5.32 Å². The topological polar surface area (TPSA) is 30.5 Å². The summed E-state index contributed by atoms with van der Waals surface area (Å²) >= 11 is 0. The Kier molecular flexibility index (Phi) is 4.58. The molecule has 0 aromatic heterocycles. The lowest BCUT2D eigenvalue weighted by Crippen LogP contribution is -2.39. The van der Waals surface area contributed by atoms with E-state index in [-0.39, 0.29) is 0 Å². The molecule has 3 heteroatoms. The van der Waals surface area contributed by atoms with Crippen LogP contribution in [0.1, 0.15) is 37.7 Å². The molecule has 1 fully saturated rings. The summed E-state index contributed by atoms with van der Waals surface area (Å²) in [5, 5.41) is 3.75. The quantitative estimate of drug-likeness (QED) is 0.916. The van der Waals surface area contributed by atoms with E-state index in [1.165, 1.54) is 18.4 Å². The fraction of sp³-hybridized carbons (Fsp3) is 0.647. The number of nitrogens with one attached hydrogen (secondary N) is 1. The maximum atomic E-state index is 5.73. The summed E-state index contributed by atoms with van der Waals surface area (Å²) in [7, 11) is 0. The van der Waals surface area contributed by atoms with Crippen molar-refractivity contribution in [2.45, 2.75) is 38.1 Å². The van der Waals surface area contributed by atoms with E-state index in [1.807, 2.05) is 0 Å². The fourth-order valence-electron chi connectivity index (χ4n) is 3.34. The van der Waals surface area contributed by atoms with Crippen LogP contribution in [0.3, 0.4) is 0 Å². The third-order valence-electron chi connectivity index (χ3n) is 4.74. The first-order chi connectivity index (χ1) is 9.84. The Labute approximate surface area is 121 Å². The molecular weight excluding hydrogens is 250 g/mol. The van der Waals surface area contributed by atoms with Gasteiger partial charge in [0.05, 0.1) is 6.61 Å². The van der Waals surface area contributed by atoms with Crippen molar-refractivity contribution in [2.24, 2.45) is 5.92 Å². The predicted octanol–water partition coefficient (Wildman–Crippen LogP) is 2.96. The minimum atomic E-state index is 0.578. The Balaban J connectivity index is 1.56. The second-order valence-corrected chi connectivity index (χ2v) is 6.02. The van der Waals surface area contributed by atoms with E-state index >= 15 is 0 Å². The van der Waals surface area contributed by atoms with Crippen LogP contribution in [0.25, 0.3) is 0 Å². The predicted molar refractivity (Wildman–Crippen MR) is 80.3 cm³/mol. The van der Waals surface area contributed by atoms with Gasteiger partial charge in [0.25, 0.3) is 0 Å². The SMILES string of the molecule is CC(NCC1CCOc2ccccc21)C1CCOCC1. The zero-order valence-corrected chi connectivity index (χ0v) is 12.3. The molecule has 0 aliphatic carbocycles. The molecule has 20 heavy (non-hydrogen) atoms. The zero-order valence-electron chi connectivity index (χ0n) is 12.3. The van der Waals surface area contributed by atoms with Crippen LogP contribution in [0, 0.1) is 5.92 Å². The summed E-state index contributed by atoms with van der Waals surface area (Å²) in [5.74, 6) is 2.42. The van der Waals surface area contributed by atoms with Crippen LogP contribution in [0.2, 0.25) is 0 Å². The third kappa shape index (κ3) is 3.15. The molecule has 3 rings (SSSR count). The molecule has 1 aromatic carbocycles. The Morgan fingerprint density at radius 1 is 1.15 bits per heavy atom. The average molecular weight is 275 g/mol. The highest BCUT2D eigenvalue weighted by Gasteiger charge is 2.24. The van der Waals surface area contributed by atoms with Gasteiger partial charge in [-0.3, -0.25) is 0 Å². The number of benzene rings is 1. The van der Waals surface area contributed by atoms with Gasteiger partial charge < -0.3 is 14.8 Å². The van der Waals surface area contributed by atoms with Crippen molar-refractivity contribution < 1.29 is 9.47 Å². The van der Waals surface area contributed by atoms with E-state index < -0.39 is 0 Å². The van der Waals surface area contributed by atoms with E-state index in [0.29, 0.717) is 12.0 Å². The summed E-state index contributed by atoms with van der Waals surface area (Å²) in [6, 6.07) is 9.04. The Hall–Kier alpha value is -1.06. The fourth-order valence-corrected chi connectivity index (χ4v) is 3.34. The summed E-state index contributed by atoms with van der Waals surface area (Å²) in [6.45, 7) is 6.07. The van der Waals surface area contributed by atoms with Gasteiger partial charge in [-0.25, -0.2) is 0 Å². The number of rotatable bonds is 4. The molecule has 110 valence electrons. The van der Waals surface area contributed by atoms with Crippen LogP contribution < -0.4 is 10.1 Å². The highest BCUT2D eigenvalue weighted by molar-refractivity contribution is 5.37. The molecule has 1 N–H and O–H groups in total.